The first-order valence-corrected chi connectivity index (χ1v) is 6.74. The monoisotopic (exact) mass is 290 g/mol. The molecule has 1 N–H and O–H groups in total. The van der Waals surface area contributed by atoms with E-state index in [2.05, 4.69) is 4.98 Å². The van der Waals surface area contributed by atoms with Crippen LogP contribution in [0.1, 0.15) is 32.1 Å². The SMILES string of the molecule is O=C1c2ccccc2C(=O)c2c1nc(-c1ccccc1)n2O. The summed E-state index contributed by atoms with van der Waals surface area (Å²) in [6.45, 7) is 0. The average Bonchev–Trinajstić information content (AvgIpc) is 2.91. The van der Waals surface area contributed by atoms with Gasteiger partial charge in [-0.2, -0.15) is 4.73 Å². The van der Waals surface area contributed by atoms with E-state index in [1.807, 2.05) is 6.07 Å². The fourth-order valence-corrected chi connectivity index (χ4v) is 2.68. The van der Waals surface area contributed by atoms with Crippen molar-refractivity contribution in [1.29, 1.82) is 0 Å². The molecule has 5 nitrogen and oxygen atoms in total. The summed E-state index contributed by atoms with van der Waals surface area (Å²) < 4.78 is 0.709. The molecule has 0 bridgehead atoms. The van der Waals surface area contributed by atoms with Crippen LogP contribution in [-0.2, 0) is 0 Å². The van der Waals surface area contributed by atoms with Gasteiger partial charge in [0, 0.05) is 16.7 Å². The van der Waals surface area contributed by atoms with E-state index in [1.165, 1.54) is 0 Å². The summed E-state index contributed by atoms with van der Waals surface area (Å²) in [7, 11) is 0. The van der Waals surface area contributed by atoms with Crippen LogP contribution in [0.2, 0.25) is 0 Å². The molecule has 0 atom stereocenters. The van der Waals surface area contributed by atoms with Crippen molar-refractivity contribution in [1.82, 2.24) is 9.71 Å². The molecule has 1 aliphatic rings. The van der Waals surface area contributed by atoms with Gasteiger partial charge in [0.2, 0.25) is 11.6 Å². The summed E-state index contributed by atoms with van der Waals surface area (Å²) in [5.74, 6) is -0.572. The maximum absolute atomic E-state index is 12.5. The van der Waals surface area contributed by atoms with Gasteiger partial charge < -0.3 is 5.21 Å². The third kappa shape index (κ3) is 1.56. The number of aromatic nitrogens is 2. The molecule has 1 aromatic heterocycles. The lowest BCUT2D eigenvalue weighted by atomic mass is 9.90. The molecular weight excluding hydrogens is 280 g/mol. The third-order valence-corrected chi connectivity index (χ3v) is 3.73. The van der Waals surface area contributed by atoms with E-state index >= 15 is 0 Å². The summed E-state index contributed by atoms with van der Waals surface area (Å²) >= 11 is 0. The minimum absolute atomic E-state index is 0.00921. The van der Waals surface area contributed by atoms with E-state index < -0.39 is 5.78 Å². The first-order valence-electron chi connectivity index (χ1n) is 6.74. The highest BCUT2D eigenvalue weighted by Gasteiger charge is 2.36. The van der Waals surface area contributed by atoms with Gasteiger partial charge in [-0.05, 0) is 0 Å². The van der Waals surface area contributed by atoms with E-state index in [0.717, 1.165) is 0 Å². The van der Waals surface area contributed by atoms with E-state index in [9.17, 15) is 14.8 Å². The van der Waals surface area contributed by atoms with Gasteiger partial charge in [-0.3, -0.25) is 9.59 Å². The van der Waals surface area contributed by atoms with Gasteiger partial charge in [0.15, 0.2) is 11.5 Å². The summed E-state index contributed by atoms with van der Waals surface area (Å²) in [4.78, 5) is 29.3. The van der Waals surface area contributed by atoms with E-state index in [4.69, 9.17) is 0 Å². The Morgan fingerprint density at radius 1 is 0.818 bits per heavy atom. The van der Waals surface area contributed by atoms with Crippen LogP contribution in [0.3, 0.4) is 0 Å². The Hall–Kier alpha value is -3.21. The van der Waals surface area contributed by atoms with Crippen molar-refractivity contribution < 1.29 is 14.8 Å². The normalized spacial score (nSPS) is 12.9. The van der Waals surface area contributed by atoms with Crippen LogP contribution < -0.4 is 0 Å². The number of imidazole rings is 1. The van der Waals surface area contributed by atoms with Crippen LogP contribution in [0.15, 0.2) is 54.6 Å². The number of hydrogen-bond acceptors (Lipinski definition) is 4. The second kappa shape index (κ2) is 4.39. The number of hydrogen-bond donors (Lipinski definition) is 1. The molecule has 0 fully saturated rings. The van der Waals surface area contributed by atoms with Crippen molar-refractivity contribution in [2.24, 2.45) is 0 Å². The van der Waals surface area contributed by atoms with E-state index in [0.29, 0.717) is 15.9 Å². The molecule has 4 rings (SSSR count). The molecule has 0 saturated heterocycles. The highest BCUT2D eigenvalue weighted by atomic mass is 16.5. The Bertz CT molecular complexity index is 926. The molecule has 1 heterocycles. The van der Waals surface area contributed by atoms with Gasteiger partial charge in [-0.25, -0.2) is 4.98 Å². The molecule has 2 aromatic carbocycles. The summed E-state index contributed by atoms with van der Waals surface area (Å²) in [5, 5.41) is 10.3. The summed E-state index contributed by atoms with van der Waals surface area (Å²) in [6.07, 6.45) is 0. The Morgan fingerprint density at radius 3 is 2.09 bits per heavy atom. The lowest BCUT2D eigenvalue weighted by Gasteiger charge is -2.13. The predicted octanol–water partition coefficient (Wildman–Crippen LogP) is 2.56. The minimum Gasteiger partial charge on any atom is -0.426 e. The predicted molar refractivity (Wildman–Crippen MR) is 78.2 cm³/mol. The summed E-state index contributed by atoms with van der Waals surface area (Å²) in [6, 6.07) is 15.5. The van der Waals surface area contributed by atoms with Gasteiger partial charge in [0.05, 0.1) is 0 Å². The quantitative estimate of drug-likeness (QED) is 0.547. The van der Waals surface area contributed by atoms with Gasteiger partial charge in [0.25, 0.3) is 0 Å². The van der Waals surface area contributed by atoms with Crippen LogP contribution in [0.25, 0.3) is 11.4 Å². The zero-order valence-electron chi connectivity index (χ0n) is 11.4. The number of ketones is 2. The molecule has 22 heavy (non-hydrogen) atoms. The molecule has 0 amide bonds. The summed E-state index contributed by atoms with van der Waals surface area (Å²) in [5.41, 5.74) is 1.14. The van der Waals surface area contributed by atoms with Crippen LogP contribution >= 0.6 is 0 Å². The molecule has 0 saturated carbocycles. The lowest BCUT2D eigenvalue weighted by molar-refractivity contribution is 0.0941. The smallest absolute Gasteiger partial charge is 0.216 e. The molecule has 0 unspecified atom stereocenters. The Morgan fingerprint density at radius 2 is 1.41 bits per heavy atom. The number of nitrogens with zero attached hydrogens (tertiary/aromatic N) is 2. The highest BCUT2D eigenvalue weighted by Crippen LogP contribution is 2.30. The first-order chi connectivity index (χ1) is 10.7. The maximum Gasteiger partial charge on any atom is 0.216 e. The fraction of sp³-hybridized carbons (Fsp3) is 0. The van der Waals surface area contributed by atoms with Gasteiger partial charge >= 0.3 is 0 Å². The topological polar surface area (TPSA) is 72.2 Å². The van der Waals surface area contributed by atoms with Crippen LogP contribution in [0.5, 0.6) is 0 Å². The number of rotatable bonds is 1. The molecule has 1 aliphatic carbocycles. The number of carbonyl (C=O) groups is 2. The van der Waals surface area contributed by atoms with Crippen molar-refractivity contribution in [2.75, 3.05) is 0 Å². The Labute approximate surface area is 125 Å². The highest BCUT2D eigenvalue weighted by molar-refractivity contribution is 6.27. The third-order valence-electron chi connectivity index (χ3n) is 3.73. The Balaban J connectivity index is 1.98. The maximum atomic E-state index is 12.5. The lowest BCUT2D eigenvalue weighted by Crippen LogP contribution is -2.22. The largest absolute Gasteiger partial charge is 0.426 e. The van der Waals surface area contributed by atoms with Gasteiger partial charge in [0.1, 0.15) is 5.69 Å². The van der Waals surface area contributed by atoms with Crippen LogP contribution in [0, 0.1) is 0 Å². The van der Waals surface area contributed by atoms with Crippen molar-refractivity contribution in [3.05, 3.63) is 77.1 Å². The fourth-order valence-electron chi connectivity index (χ4n) is 2.68. The molecular formula is C17H10N2O3. The van der Waals surface area contributed by atoms with Crippen molar-refractivity contribution in [2.45, 2.75) is 0 Å². The first kappa shape index (κ1) is 12.5. The average molecular weight is 290 g/mol. The number of carbonyl (C=O) groups excluding carboxylic acids is 2. The zero-order valence-corrected chi connectivity index (χ0v) is 11.4. The van der Waals surface area contributed by atoms with Gasteiger partial charge in [-0.1, -0.05) is 54.6 Å². The minimum atomic E-state index is -0.401. The molecule has 0 radical (unpaired) electrons. The molecule has 0 spiro atoms. The molecule has 5 heteroatoms. The van der Waals surface area contributed by atoms with Gasteiger partial charge in [-0.15, -0.1) is 0 Å². The number of benzene rings is 2. The van der Waals surface area contributed by atoms with Crippen molar-refractivity contribution >= 4 is 11.6 Å². The number of fused-ring (bicyclic) bond motifs is 2. The standard InChI is InChI=1S/C17H10N2O3/c20-15-11-8-4-5-9-12(11)16(21)14-13(15)18-17(19(14)22)10-6-2-1-3-7-10/h1-9,22H. The second-order valence-electron chi connectivity index (χ2n) is 5.01. The van der Waals surface area contributed by atoms with Crippen molar-refractivity contribution in [3.63, 3.8) is 0 Å². The van der Waals surface area contributed by atoms with E-state index in [1.54, 1.807) is 48.5 Å². The van der Waals surface area contributed by atoms with Crippen LogP contribution in [0.4, 0.5) is 0 Å². The van der Waals surface area contributed by atoms with Crippen molar-refractivity contribution in [3.8, 4) is 11.4 Å². The van der Waals surface area contributed by atoms with Crippen LogP contribution in [-0.4, -0.2) is 26.5 Å². The molecule has 106 valence electrons. The Kier molecular flexibility index (Phi) is 2.50. The second-order valence-corrected chi connectivity index (χ2v) is 5.01. The van der Waals surface area contributed by atoms with E-state index in [-0.39, 0.29) is 28.6 Å². The molecule has 0 aliphatic heterocycles. The molecule has 3 aromatic rings. The zero-order chi connectivity index (χ0) is 15.3.